The highest BCUT2D eigenvalue weighted by Crippen LogP contribution is 2.28. The molecule has 0 aliphatic heterocycles. The molecule has 3 heteroatoms. The Bertz CT molecular complexity index is 689. The normalized spacial score (nSPS) is 12.7. The van der Waals surface area contributed by atoms with Crippen LogP contribution in [0.4, 0.5) is 4.39 Å². The third-order valence-corrected chi connectivity index (χ3v) is 3.27. The molecule has 2 aromatic carbocycles. The number of aliphatic hydroxyl groups excluding tert-OH is 1. The van der Waals surface area contributed by atoms with Crippen LogP contribution in [0.15, 0.2) is 59.4 Å². The van der Waals surface area contributed by atoms with Crippen molar-refractivity contribution in [3.05, 3.63) is 71.9 Å². The highest BCUT2D eigenvalue weighted by Gasteiger charge is 2.14. The lowest BCUT2D eigenvalue weighted by Gasteiger charge is -2.13. The molecule has 1 aromatic heterocycles. The number of halogens is 1. The van der Waals surface area contributed by atoms with Crippen LogP contribution in [0.5, 0.6) is 0 Å². The second kappa shape index (κ2) is 4.86. The fourth-order valence-electron chi connectivity index (χ4n) is 2.32. The van der Waals surface area contributed by atoms with Crippen LogP contribution >= 0.6 is 0 Å². The molecule has 3 rings (SSSR count). The van der Waals surface area contributed by atoms with Gasteiger partial charge in [0.2, 0.25) is 0 Å². The molecular weight excluding hydrogens is 243 g/mol. The minimum Gasteiger partial charge on any atom is -0.472 e. The largest absolute Gasteiger partial charge is 0.472 e. The molecule has 96 valence electrons. The van der Waals surface area contributed by atoms with Gasteiger partial charge in [-0.2, -0.15) is 0 Å². The molecule has 0 spiro atoms. The van der Waals surface area contributed by atoms with Crippen molar-refractivity contribution < 1.29 is 13.9 Å². The van der Waals surface area contributed by atoms with Crippen molar-refractivity contribution in [1.82, 2.24) is 0 Å². The minimum absolute atomic E-state index is 0.269. The van der Waals surface area contributed by atoms with E-state index in [1.807, 2.05) is 18.2 Å². The van der Waals surface area contributed by atoms with E-state index in [1.165, 1.54) is 6.07 Å². The van der Waals surface area contributed by atoms with Gasteiger partial charge in [-0.15, -0.1) is 0 Å². The average Bonchev–Trinajstić information content (AvgIpc) is 2.92. The fourth-order valence-corrected chi connectivity index (χ4v) is 2.32. The van der Waals surface area contributed by atoms with Crippen LogP contribution in [0.1, 0.15) is 17.2 Å². The Morgan fingerprint density at radius 1 is 1.05 bits per heavy atom. The van der Waals surface area contributed by atoms with Crippen LogP contribution in [-0.2, 0) is 6.42 Å². The van der Waals surface area contributed by atoms with Gasteiger partial charge in [-0.05, 0) is 28.6 Å². The zero-order valence-electron chi connectivity index (χ0n) is 10.2. The maximum Gasteiger partial charge on any atom is 0.131 e. The van der Waals surface area contributed by atoms with Gasteiger partial charge in [-0.25, -0.2) is 4.39 Å². The predicted molar refractivity (Wildman–Crippen MR) is 71.3 cm³/mol. The summed E-state index contributed by atoms with van der Waals surface area (Å²) < 4.78 is 18.7. The van der Waals surface area contributed by atoms with Crippen molar-refractivity contribution >= 4 is 10.8 Å². The van der Waals surface area contributed by atoms with Crippen molar-refractivity contribution in [2.45, 2.75) is 12.5 Å². The predicted octanol–water partition coefficient (Wildman–Crippen LogP) is 3.85. The van der Waals surface area contributed by atoms with Gasteiger partial charge < -0.3 is 9.52 Å². The van der Waals surface area contributed by atoms with Gasteiger partial charge in [0.05, 0.1) is 18.6 Å². The summed E-state index contributed by atoms with van der Waals surface area (Å²) in [4.78, 5) is 0. The minimum atomic E-state index is -0.678. The van der Waals surface area contributed by atoms with Crippen molar-refractivity contribution in [1.29, 1.82) is 0 Å². The summed E-state index contributed by atoms with van der Waals surface area (Å²) in [6.07, 6.45) is 2.95. The summed E-state index contributed by atoms with van der Waals surface area (Å²) in [7, 11) is 0. The van der Waals surface area contributed by atoms with E-state index in [-0.39, 0.29) is 5.82 Å². The zero-order valence-corrected chi connectivity index (χ0v) is 10.2. The molecule has 19 heavy (non-hydrogen) atoms. The van der Waals surface area contributed by atoms with Gasteiger partial charge in [0.25, 0.3) is 0 Å². The van der Waals surface area contributed by atoms with Crippen LogP contribution in [0.25, 0.3) is 10.8 Å². The van der Waals surface area contributed by atoms with Crippen LogP contribution in [0.2, 0.25) is 0 Å². The lowest BCUT2D eigenvalue weighted by molar-refractivity contribution is 0.179. The molecule has 1 N–H and O–H groups in total. The van der Waals surface area contributed by atoms with E-state index in [1.54, 1.807) is 30.7 Å². The van der Waals surface area contributed by atoms with Gasteiger partial charge in [0.15, 0.2) is 0 Å². The molecule has 2 nitrogen and oxygen atoms in total. The van der Waals surface area contributed by atoms with Crippen molar-refractivity contribution in [3.63, 3.8) is 0 Å². The van der Waals surface area contributed by atoms with E-state index in [0.29, 0.717) is 11.8 Å². The highest BCUT2D eigenvalue weighted by atomic mass is 19.1. The number of rotatable bonds is 3. The molecule has 0 bridgehead atoms. The molecule has 3 aromatic rings. The zero-order chi connectivity index (χ0) is 13.2. The van der Waals surface area contributed by atoms with Crippen LogP contribution in [0.3, 0.4) is 0 Å². The Labute approximate surface area is 110 Å². The highest BCUT2D eigenvalue weighted by molar-refractivity contribution is 5.86. The number of aliphatic hydroxyl groups is 1. The van der Waals surface area contributed by atoms with Gasteiger partial charge in [-0.1, -0.05) is 30.3 Å². The summed E-state index contributed by atoms with van der Waals surface area (Å²) in [6, 6.07) is 12.0. The Balaban J connectivity index is 2.03. The molecule has 0 fully saturated rings. The van der Waals surface area contributed by atoms with Crippen LogP contribution in [-0.4, -0.2) is 5.11 Å². The van der Waals surface area contributed by atoms with E-state index in [4.69, 9.17) is 4.42 Å². The van der Waals surface area contributed by atoms with Crippen molar-refractivity contribution in [2.75, 3.05) is 0 Å². The molecule has 0 radical (unpaired) electrons. The first-order chi connectivity index (χ1) is 9.25. The molecule has 0 aliphatic rings. The standard InChI is InChI=1S/C16H13FO2/c17-15-6-5-14(12-3-1-2-4-13(12)15)16(18)9-11-7-8-19-10-11/h1-8,10,16,18H,9H2. The Hall–Kier alpha value is -2.13. The molecular formula is C16H13FO2. The molecule has 0 amide bonds. The topological polar surface area (TPSA) is 33.4 Å². The summed E-state index contributed by atoms with van der Waals surface area (Å²) in [5, 5.41) is 11.6. The number of furan rings is 1. The van der Waals surface area contributed by atoms with E-state index >= 15 is 0 Å². The summed E-state index contributed by atoms with van der Waals surface area (Å²) in [5.41, 5.74) is 1.65. The lowest BCUT2D eigenvalue weighted by atomic mass is 9.97. The molecule has 0 aliphatic carbocycles. The van der Waals surface area contributed by atoms with Crippen molar-refractivity contribution in [2.24, 2.45) is 0 Å². The van der Waals surface area contributed by atoms with Gasteiger partial charge in [-0.3, -0.25) is 0 Å². The maximum absolute atomic E-state index is 13.7. The van der Waals surface area contributed by atoms with E-state index in [9.17, 15) is 9.50 Å². The first-order valence-corrected chi connectivity index (χ1v) is 6.12. The number of benzene rings is 2. The van der Waals surface area contributed by atoms with Gasteiger partial charge >= 0.3 is 0 Å². The van der Waals surface area contributed by atoms with Gasteiger partial charge in [0.1, 0.15) is 5.82 Å². The Morgan fingerprint density at radius 2 is 1.84 bits per heavy atom. The van der Waals surface area contributed by atoms with E-state index in [2.05, 4.69) is 0 Å². The molecule has 1 unspecified atom stereocenters. The maximum atomic E-state index is 13.7. The molecule has 1 heterocycles. The number of fused-ring (bicyclic) bond motifs is 1. The molecule has 0 saturated heterocycles. The average molecular weight is 256 g/mol. The summed E-state index contributed by atoms with van der Waals surface area (Å²) >= 11 is 0. The number of hydrogen-bond donors (Lipinski definition) is 1. The Morgan fingerprint density at radius 3 is 2.58 bits per heavy atom. The monoisotopic (exact) mass is 256 g/mol. The Kier molecular flexibility index (Phi) is 3.05. The second-order valence-corrected chi connectivity index (χ2v) is 4.53. The van der Waals surface area contributed by atoms with Crippen LogP contribution in [0, 0.1) is 5.82 Å². The first kappa shape index (κ1) is 11.9. The number of hydrogen-bond acceptors (Lipinski definition) is 2. The molecule has 1 atom stereocenters. The van der Waals surface area contributed by atoms with E-state index < -0.39 is 6.10 Å². The third kappa shape index (κ3) is 2.25. The summed E-state index contributed by atoms with van der Waals surface area (Å²) in [5.74, 6) is -0.269. The van der Waals surface area contributed by atoms with Gasteiger partial charge in [0, 0.05) is 11.8 Å². The van der Waals surface area contributed by atoms with Crippen molar-refractivity contribution in [3.8, 4) is 0 Å². The smallest absolute Gasteiger partial charge is 0.131 e. The second-order valence-electron chi connectivity index (χ2n) is 4.53. The SMILES string of the molecule is OC(Cc1ccoc1)c1ccc(F)c2ccccc12. The lowest BCUT2D eigenvalue weighted by Crippen LogP contribution is -2.02. The first-order valence-electron chi connectivity index (χ1n) is 6.12. The molecule has 0 saturated carbocycles. The quantitative estimate of drug-likeness (QED) is 0.772. The fraction of sp³-hybridized carbons (Fsp3) is 0.125. The summed E-state index contributed by atoms with van der Waals surface area (Å²) in [6.45, 7) is 0. The van der Waals surface area contributed by atoms with Crippen LogP contribution < -0.4 is 0 Å². The third-order valence-electron chi connectivity index (χ3n) is 3.27. The van der Waals surface area contributed by atoms with E-state index in [0.717, 1.165) is 16.5 Å².